The lowest BCUT2D eigenvalue weighted by atomic mass is 10.1. The summed E-state index contributed by atoms with van der Waals surface area (Å²) in [6.45, 7) is 17.9. The molecule has 0 aromatic heterocycles. The first kappa shape index (κ1) is 94.7. The molecule has 548 valence electrons. The lowest BCUT2D eigenvalue weighted by molar-refractivity contribution is -0.222. The number of carbonyl (C=O) groups excluding carboxylic acids is 5. The van der Waals surface area contributed by atoms with Gasteiger partial charge in [-0.05, 0) is 238 Å². The second-order valence-corrected chi connectivity index (χ2v) is 35.0. The minimum absolute atomic E-state index is 0.0588. The van der Waals surface area contributed by atoms with Crippen molar-refractivity contribution in [2.24, 2.45) is 47.3 Å². The van der Waals surface area contributed by atoms with Crippen molar-refractivity contribution in [1.29, 1.82) is 0 Å². The van der Waals surface area contributed by atoms with E-state index in [-0.39, 0.29) is 159 Å². The molecule has 98 heavy (non-hydrogen) atoms. The molecule has 0 saturated carbocycles. The maximum atomic E-state index is 12.7. The van der Waals surface area contributed by atoms with E-state index in [0.717, 1.165) is 0 Å². The SMILES string of the molecule is CC(C)C1OCC(C(=O)Cl)CO1.CC(C)C1OCC(C(=O)Nc2c(I)c(C(=O)Cl)c(I)c(C(=O)Cl)c2I)CO1.CC(C)C1OCC(C(=O)Nc2c(I)c(C(=O)O)c(I)c(C(=O)O)c2I)CO1.CC(C)C1OCC(C(=O)O)CO1.Nc1c(I)c(C(=O)O)c(I)c(C(=O)O)c1I.O=S(Cl)Cl. The first-order valence-corrected chi connectivity index (χ1v) is 41.4. The molecule has 9 N–H and O–H groups in total. The maximum Gasteiger partial charge on any atom is 0.337 e. The molecule has 7 rings (SSSR count). The van der Waals surface area contributed by atoms with Crippen LogP contribution in [0.4, 0.5) is 17.1 Å². The van der Waals surface area contributed by atoms with Crippen molar-refractivity contribution in [2.45, 2.75) is 80.6 Å². The Kier molecular flexibility index (Phi) is 43.9. The fraction of sp³-hybridized carbons (Fsp3) is 0.500. The second kappa shape index (κ2) is 45.4. The average molecular weight is 2510 g/mol. The molecule has 3 aromatic carbocycles. The third-order valence-corrected chi connectivity index (χ3v) is 23.5. The highest BCUT2D eigenvalue weighted by molar-refractivity contribution is 14.1. The molecule has 0 unspecified atom stereocenters. The van der Waals surface area contributed by atoms with E-state index in [1.54, 1.807) is 136 Å². The summed E-state index contributed by atoms with van der Waals surface area (Å²) in [5, 5.41) is 49.2. The number of nitrogens with one attached hydrogen (secondary N) is 2. The van der Waals surface area contributed by atoms with Crippen LogP contribution in [0.2, 0.25) is 0 Å². The molecule has 42 heteroatoms. The van der Waals surface area contributed by atoms with Gasteiger partial charge in [0, 0.05) is 55.7 Å². The number of carboxylic acids is 5. The van der Waals surface area contributed by atoms with Crippen molar-refractivity contribution in [2.75, 3.05) is 69.2 Å². The molecular weight excluding hydrogens is 2450 g/mol. The number of hydrogen-bond acceptors (Lipinski definition) is 20. The number of ether oxygens (including phenoxy) is 8. The van der Waals surface area contributed by atoms with E-state index in [2.05, 4.69) is 32.0 Å². The van der Waals surface area contributed by atoms with Gasteiger partial charge in [0.05, 0.1) is 142 Å². The van der Waals surface area contributed by atoms with Crippen LogP contribution in [-0.2, 0) is 66.3 Å². The van der Waals surface area contributed by atoms with Gasteiger partial charge < -0.3 is 79.8 Å². The Hall–Kier alpha value is 0.610. The lowest BCUT2D eigenvalue weighted by Gasteiger charge is -2.31. The number of carbonyl (C=O) groups is 10. The molecule has 0 aliphatic carbocycles. The lowest BCUT2D eigenvalue weighted by Crippen LogP contribution is -2.41. The van der Waals surface area contributed by atoms with Crippen LogP contribution in [0.15, 0.2) is 0 Å². The number of nitrogen functional groups attached to an aromatic ring is 1. The van der Waals surface area contributed by atoms with Gasteiger partial charge in [0.2, 0.25) is 26.3 Å². The summed E-state index contributed by atoms with van der Waals surface area (Å²) in [6.07, 6.45) is -1.13. The summed E-state index contributed by atoms with van der Waals surface area (Å²) in [6, 6.07) is 0. The van der Waals surface area contributed by atoms with Crippen LogP contribution in [0, 0.1) is 79.5 Å². The van der Waals surface area contributed by atoms with Gasteiger partial charge in [0.25, 0.3) is 10.5 Å². The third kappa shape index (κ3) is 28.3. The van der Waals surface area contributed by atoms with E-state index in [1.807, 2.05) is 123 Å². The number of benzene rings is 3. The van der Waals surface area contributed by atoms with Crippen LogP contribution in [-0.4, -0.2) is 165 Å². The van der Waals surface area contributed by atoms with E-state index >= 15 is 0 Å². The number of nitrogens with two attached hydrogens (primary N) is 1. The number of carboxylic acid groups (broad SMARTS) is 5. The van der Waals surface area contributed by atoms with E-state index in [4.69, 9.17) is 98.0 Å². The number of aliphatic carboxylic acids is 1. The Morgan fingerprint density at radius 1 is 0.388 bits per heavy atom. The van der Waals surface area contributed by atoms with Crippen molar-refractivity contribution in [3.8, 4) is 0 Å². The highest BCUT2D eigenvalue weighted by atomic mass is 127. The summed E-state index contributed by atoms with van der Waals surface area (Å²) in [7, 11) is 7.36. The van der Waals surface area contributed by atoms with Gasteiger partial charge in [-0.15, -0.1) is 0 Å². The monoisotopic (exact) mass is 2510 g/mol. The molecule has 4 aliphatic rings. The standard InChI is InChI=1S/C16H14Cl2I3NO5.C16H16I3NO7.C8H13ClO3.C8H4I3NO4.C8H14O4.Cl2OS/c1-5(2)16-26-3-6(4-27-16)15(25)22-12-10(20)7(13(17)23)9(19)8(11(12)21)14(18)24;1-5(2)16-26-3-6(4-27-16)13(21)20-12-10(18)7(14(22)23)9(17)8(11(12)19)15(24)25;1-5(2)8-11-3-6(4-12-8)7(9)10;9-3-1(7(13)14)4(10)6(12)5(11)2(3)8(15)16;1-5(2)8-11-3-6(4-12-8)7(9)10;1-4(2)3/h5-6,16H,3-4H2,1-2H3,(H,22,25);5-6,16H,3-4H2,1-2H3,(H,20,21)(H,22,23)(H,24,25);5-6,8H,3-4H2,1-2H3;12H2,(H,13,14)(H,15,16);5-6,8H,3-4H2,1-2H3,(H,9,10);. The second-order valence-electron chi connectivity index (χ2n) is 21.7. The summed E-state index contributed by atoms with van der Waals surface area (Å²) >= 11 is 33.0. The highest BCUT2D eigenvalue weighted by Crippen LogP contribution is 2.40. The van der Waals surface area contributed by atoms with Crippen molar-refractivity contribution < 1.29 is 116 Å². The summed E-state index contributed by atoms with van der Waals surface area (Å²) in [5.74, 6) is -7.44. The minimum Gasteiger partial charge on any atom is -0.481 e. The molecular formula is C56H61Cl5I9N3O24S. The van der Waals surface area contributed by atoms with Crippen molar-refractivity contribution >= 4 is 343 Å². The van der Waals surface area contributed by atoms with Gasteiger partial charge in [0.15, 0.2) is 25.2 Å². The van der Waals surface area contributed by atoms with Crippen molar-refractivity contribution in [3.63, 3.8) is 0 Å². The number of amides is 2. The van der Waals surface area contributed by atoms with Gasteiger partial charge in [-0.1, -0.05) is 55.4 Å². The van der Waals surface area contributed by atoms with Crippen LogP contribution >= 0.6 is 259 Å². The number of hydrogen-bond donors (Lipinski definition) is 8. The summed E-state index contributed by atoms with van der Waals surface area (Å²) < 4.78 is 55.1. The summed E-state index contributed by atoms with van der Waals surface area (Å²) in [5.41, 5.74) is 6.21. The zero-order chi connectivity index (χ0) is 75.4. The Balaban J connectivity index is 0.000000427. The molecule has 0 bridgehead atoms. The zero-order valence-electron chi connectivity index (χ0n) is 51.9. The number of anilines is 3. The van der Waals surface area contributed by atoms with Crippen LogP contribution in [0.5, 0.6) is 0 Å². The molecule has 0 atom stereocenters. The predicted molar refractivity (Wildman–Crippen MR) is 438 cm³/mol. The molecule has 4 heterocycles. The van der Waals surface area contributed by atoms with Gasteiger partial charge >= 0.3 is 29.8 Å². The molecule has 2 amide bonds. The van der Waals surface area contributed by atoms with Crippen LogP contribution in [0.3, 0.4) is 0 Å². The molecule has 4 fully saturated rings. The van der Waals surface area contributed by atoms with Gasteiger partial charge in [0.1, 0.15) is 5.92 Å². The zero-order valence-corrected chi connectivity index (χ0v) is 75.9. The number of halogens is 14. The molecule has 4 aliphatic heterocycles. The predicted octanol–water partition coefficient (Wildman–Crippen LogP) is 14.0. The minimum atomic E-state index is -1.67. The van der Waals surface area contributed by atoms with Gasteiger partial charge in [-0.25, -0.2) is 23.4 Å². The first-order chi connectivity index (χ1) is 45.3. The fourth-order valence-electron chi connectivity index (χ4n) is 7.97. The Bertz CT molecular complexity index is 3160. The smallest absolute Gasteiger partial charge is 0.337 e. The topological polar surface area (TPSA) is 413 Å². The highest BCUT2D eigenvalue weighted by Gasteiger charge is 2.36. The molecule has 3 aromatic rings. The maximum absolute atomic E-state index is 12.7. The largest absolute Gasteiger partial charge is 0.481 e. The van der Waals surface area contributed by atoms with Crippen LogP contribution in [0.1, 0.15) is 118 Å². The molecule has 27 nitrogen and oxygen atoms in total. The molecule has 4 saturated heterocycles. The van der Waals surface area contributed by atoms with Crippen molar-refractivity contribution in [3.05, 3.63) is 65.5 Å². The number of aromatic carboxylic acids is 4. The quantitative estimate of drug-likeness (QED) is 0.0375. The number of rotatable bonds is 16. The van der Waals surface area contributed by atoms with Gasteiger partial charge in [-0.2, -0.15) is 0 Å². The fourth-order valence-corrected chi connectivity index (χ4v) is 22.0. The Labute approximate surface area is 711 Å². The third-order valence-electron chi connectivity index (χ3n) is 13.0. The van der Waals surface area contributed by atoms with E-state index in [1.165, 1.54) is 0 Å². The summed E-state index contributed by atoms with van der Waals surface area (Å²) in [4.78, 5) is 115. The average Bonchev–Trinajstić information content (AvgIpc) is 0.949. The van der Waals surface area contributed by atoms with Gasteiger partial charge in [-0.3, -0.25) is 28.8 Å². The van der Waals surface area contributed by atoms with Crippen molar-refractivity contribution in [1.82, 2.24) is 0 Å². The molecule has 0 spiro atoms. The van der Waals surface area contributed by atoms with Crippen LogP contribution < -0.4 is 16.4 Å². The van der Waals surface area contributed by atoms with E-state index in [0.29, 0.717) is 42.7 Å². The first-order valence-electron chi connectivity index (χ1n) is 27.8. The normalized spacial score (nSPS) is 20.4. The molecule has 0 radical (unpaired) electrons. The van der Waals surface area contributed by atoms with E-state index < -0.39 is 73.2 Å². The van der Waals surface area contributed by atoms with Crippen LogP contribution in [0.25, 0.3) is 0 Å². The van der Waals surface area contributed by atoms with E-state index in [9.17, 15) is 58.2 Å². The Morgan fingerprint density at radius 3 is 0.796 bits per heavy atom. The Morgan fingerprint density at radius 2 is 0.592 bits per heavy atom.